The predicted octanol–water partition coefficient (Wildman–Crippen LogP) is 5.14. The van der Waals surface area contributed by atoms with Crippen LogP contribution in [0.25, 0.3) is 32.8 Å². The van der Waals surface area contributed by atoms with Gasteiger partial charge in [-0.25, -0.2) is 4.98 Å². The van der Waals surface area contributed by atoms with E-state index in [-0.39, 0.29) is 0 Å². The molecular weight excluding hydrogens is 316 g/mol. The van der Waals surface area contributed by atoms with E-state index in [0.717, 1.165) is 44.2 Å². The van der Waals surface area contributed by atoms with Crippen LogP contribution in [-0.2, 0) is 0 Å². The monoisotopic (exact) mass is 328 g/mol. The van der Waals surface area contributed by atoms with Crippen molar-refractivity contribution in [3.63, 3.8) is 0 Å². The van der Waals surface area contributed by atoms with Gasteiger partial charge in [0.15, 0.2) is 0 Å². The van der Waals surface area contributed by atoms with Gasteiger partial charge in [0, 0.05) is 16.5 Å². The second-order valence-corrected chi connectivity index (χ2v) is 6.14. The largest absolute Gasteiger partial charge is 0.354 e. The summed E-state index contributed by atoms with van der Waals surface area (Å²) in [7, 11) is 0. The molecule has 24 heavy (non-hydrogen) atoms. The Morgan fingerprint density at radius 3 is 2.08 bits per heavy atom. The highest BCUT2D eigenvalue weighted by atomic mass is 32.1. The van der Waals surface area contributed by atoms with Gasteiger partial charge < -0.3 is 5.32 Å². The summed E-state index contributed by atoms with van der Waals surface area (Å²) in [6, 6.07) is 22.4. The Hall–Kier alpha value is -3.05. The first-order chi connectivity index (χ1) is 11.9. The highest BCUT2D eigenvalue weighted by Gasteiger charge is 2.09. The van der Waals surface area contributed by atoms with Crippen molar-refractivity contribution >= 4 is 55.9 Å². The summed E-state index contributed by atoms with van der Waals surface area (Å²) in [6.07, 6.45) is 0. The third kappa shape index (κ3) is 2.10. The second kappa shape index (κ2) is 5.25. The number of nitrogens with zero attached hydrogens (tertiary/aromatic N) is 3. The molecule has 5 rings (SSSR count). The average Bonchev–Trinajstić information content (AvgIpc) is 3.09. The van der Waals surface area contributed by atoms with Crippen molar-refractivity contribution < 1.29 is 0 Å². The number of aromatic nitrogens is 3. The van der Waals surface area contributed by atoms with Crippen LogP contribution >= 0.6 is 11.7 Å². The maximum Gasteiger partial charge on any atom is 0.106 e. The highest BCUT2D eigenvalue weighted by molar-refractivity contribution is 7.00. The minimum absolute atomic E-state index is 0.910. The first kappa shape index (κ1) is 13.4. The van der Waals surface area contributed by atoms with Crippen LogP contribution in [0.5, 0.6) is 0 Å². The van der Waals surface area contributed by atoms with Crippen molar-refractivity contribution in [1.82, 2.24) is 13.7 Å². The molecule has 0 aliphatic heterocycles. The van der Waals surface area contributed by atoms with E-state index in [1.54, 1.807) is 0 Å². The summed E-state index contributed by atoms with van der Waals surface area (Å²) in [4.78, 5) is 4.76. The molecule has 0 bridgehead atoms. The fraction of sp³-hybridized carbons (Fsp3) is 0. The predicted molar refractivity (Wildman–Crippen MR) is 99.9 cm³/mol. The van der Waals surface area contributed by atoms with Crippen molar-refractivity contribution in [3.05, 3.63) is 66.7 Å². The molecule has 1 N–H and O–H groups in total. The maximum atomic E-state index is 4.76. The van der Waals surface area contributed by atoms with Crippen LogP contribution in [-0.4, -0.2) is 13.7 Å². The summed E-state index contributed by atoms with van der Waals surface area (Å²) >= 11 is 1.24. The molecule has 0 fully saturated rings. The molecule has 5 heteroatoms. The molecule has 2 aromatic heterocycles. The molecule has 0 saturated heterocycles. The van der Waals surface area contributed by atoms with E-state index in [0.29, 0.717) is 0 Å². The van der Waals surface area contributed by atoms with Gasteiger partial charge in [0.1, 0.15) is 11.0 Å². The van der Waals surface area contributed by atoms with Gasteiger partial charge in [-0.05, 0) is 30.3 Å². The van der Waals surface area contributed by atoms with Gasteiger partial charge in [0.05, 0.1) is 28.4 Å². The number of hydrogen-bond donors (Lipinski definition) is 1. The fourth-order valence-electron chi connectivity index (χ4n) is 2.98. The van der Waals surface area contributed by atoms with Crippen molar-refractivity contribution in [3.8, 4) is 0 Å². The van der Waals surface area contributed by atoms with Gasteiger partial charge in [0.25, 0.3) is 0 Å². The van der Waals surface area contributed by atoms with Gasteiger partial charge >= 0.3 is 0 Å². The number of hydrogen-bond acceptors (Lipinski definition) is 5. The maximum absolute atomic E-state index is 4.76. The summed E-state index contributed by atoms with van der Waals surface area (Å²) in [6.45, 7) is 0. The van der Waals surface area contributed by atoms with Crippen LogP contribution in [0, 0.1) is 0 Å². The lowest BCUT2D eigenvalue weighted by molar-refractivity contribution is 1.48. The van der Waals surface area contributed by atoms with Crippen LogP contribution in [0.15, 0.2) is 66.7 Å². The summed E-state index contributed by atoms with van der Waals surface area (Å²) < 4.78 is 8.58. The summed E-state index contributed by atoms with van der Waals surface area (Å²) in [5.74, 6) is 0. The van der Waals surface area contributed by atoms with E-state index in [4.69, 9.17) is 4.98 Å². The Morgan fingerprint density at radius 1 is 0.667 bits per heavy atom. The average molecular weight is 328 g/mol. The number of anilines is 2. The molecule has 0 amide bonds. The minimum Gasteiger partial charge on any atom is -0.354 e. The van der Waals surface area contributed by atoms with Crippen molar-refractivity contribution in [2.75, 3.05) is 5.32 Å². The molecule has 0 atom stereocenters. The molecule has 0 aliphatic rings. The molecule has 2 heterocycles. The molecule has 5 aromatic rings. The number of rotatable bonds is 2. The molecule has 0 spiro atoms. The fourth-order valence-corrected chi connectivity index (χ4v) is 3.50. The third-order valence-electron chi connectivity index (χ3n) is 4.11. The van der Waals surface area contributed by atoms with Gasteiger partial charge in [-0.15, -0.1) is 0 Å². The lowest BCUT2D eigenvalue weighted by atomic mass is 10.1. The second-order valence-electron chi connectivity index (χ2n) is 5.61. The number of fused-ring (bicyclic) bond motifs is 3. The van der Waals surface area contributed by atoms with Gasteiger partial charge in [-0.3, -0.25) is 0 Å². The Kier molecular flexibility index (Phi) is 2.93. The van der Waals surface area contributed by atoms with Crippen molar-refractivity contribution in [2.24, 2.45) is 0 Å². The van der Waals surface area contributed by atoms with E-state index in [9.17, 15) is 0 Å². The number of nitrogens with one attached hydrogen (secondary N) is 1. The number of para-hydroxylation sites is 2. The van der Waals surface area contributed by atoms with Crippen LogP contribution in [0.3, 0.4) is 0 Å². The Morgan fingerprint density at radius 2 is 1.33 bits per heavy atom. The van der Waals surface area contributed by atoms with E-state index >= 15 is 0 Å². The molecule has 3 aromatic carbocycles. The standard InChI is InChI=1S/C19H12N4S/c1-3-7-15-13(5-1)19(14-6-2-4-8-16(14)21-15)20-12-9-10-17-18(11-12)23-24-22-17/h1-11H,(H,20,21). The smallest absolute Gasteiger partial charge is 0.106 e. The highest BCUT2D eigenvalue weighted by Crippen LogP contribution is 2.33. The summed E-state index contributed by atoms with van der Waals surface area (Å²) in [5.41, 5.74) is 5.86. The van der Waals surface area contributed by atoms with E-state index in [1.807, 2.05) is 54.6 Å². The molecule has 114 valence electrons. The van der Waals surface area contributed by atoms with Crippen LogP contribution in [0.4, 0.5) is 11.4 Å². The van der Waals surface area contributed by atoms with E-state index < -0.39 is 0 Å². The Bertz CT molecular complexity index is 1140. The molecular formula is C19H12N4S. The first-order valence-corrected chi connectivity index (χ1v) is 8.38. The van der Waals surface area contributed by atoms with Crippen LogP contribution in [0.1, 0.15) is 0 Å². The molecule has 0 unspecified atom stereocenters. The quantitative estimate of drug-likeness (QED) is 0.456. The number of benzene rings is 3. The normalized spacial score (nSPS) is 11.3. The van der Waals surface area contributed by atoms with Gasteiger partial charge in [-0.1, -0.05) is 36.4 Å². The topological polar surface area (TPSA) is 50.7 Å². The van der Waals surface area contributed by atoms with Crippen molar-refractivity contribution in [2.45, 2.75) is 0 Å². The van der Waals surface area contributed by atoms with Gasteiger partial charge in [0.2, 0.25) is 0 Å². The van der Waals surface area contributed by atoms with Crippen LogP contribution < -0.4 is 5.32 Å². The molecule has 0 radical (unpaired) electrons. The van der Waals surface area contributed by atoms with E-state index in [2.05, 4.69) is 26.2 Å². The lowest BCUT2D eigenvalue weighted by Gasteiger charge is -2.13. The zero-order valence-electron chi connectivity index (χ0n) is 12.6. The minimum atomic E-state index is 0.910. The van der Waals surface area contributed by atoms with Crippen molar-refractivity contribution in [1.29, 1.82) is 0 Å². The van der Waals surface area contributed by atoms with Crippen LogP contribution in [0.2, 0.25) is 0 Å². The SMILES string of the molecule is c1ccc2c(Nc3ccc4nsnc4c3)c3ccccc3nc2c1. The third-order valence-corrected chi connectivity index (χ3v) is 4.67. The molecule has 4 nitrogen and oxygen atoms in total. The Labute approximate surface area is 142 Å². The lowest BCUT2D eigenvalue weighted by Crippen LogP contribution is -1.95. The van der Waals surface area contributed by atoms with E-state index in [1.165, 1.54) is 11.7 Å². The first-order valence-electron chi connectivity index (χ1n) is 7.65. The Balaban J connectivity index is 1.76. The molecule has 0 aliphatic carbocycles. The number of pyridine rings is 1. The van der Waals surface area contributed by atoms with Gasteiger partial charge in [-0.2, -0.15) is 8.75 Å². The zero-order chi connectivity index (χ0) is 15.9. The zero-order valence-corrected chi connectivity index (χ0v) is 13.4. The summed E-state index contributed by atoms with van der Waals surface area (Å²) in [5, 5.41) is 5.78. The molecule has 0 saturated carbocycles.